The van der Waals surface area contributed by atoms with E-state index in [-0.39, 0.29) is 0 Å². The minimum Gasteiger partial charge on any atom is -0.480 e. The van der Waals surface area contributed by atoms with Gasteiger partial charge in [0.1, 0.15) is 6.04 Å². The Morgan fingerprint density at radius 1 is 1.73 bits per heavy atom. The van der Waals surface area contributed by atoms with Crippen LogP contribution in [0.4, 0.5) is 0 Å². The molecule has 0 radical (unpaired) electrons. The highest BCUT2D eigenvalue weighted by Crippen LogP contribution is 2.20. The molecule has 1 unspecified atom stereocenters. The van der Waals surface area contributed by atoms with Gasteiger partial charge < -0.3 is 5.11 Å². The molecule has 0 aromatic rings. The Morgan fingerprint density at radius 2 is 2.27 bits per heavy atom. The van der Waals surface area contributed by atoms with Crippen LogP contribution in [-0.4, -0.2) is 23.2 Å². The van der Waals surface area contributed by atoms with Crippen LogP contribution >= 0.6 is 0 Å². The molecular weight excluding hydrogens is 142 g/mol. The van der Waals surface area contributed by atoms with Crippen molar-refractivity contribution in [1.82, 2.24) is 5.32 Å². The Bertz CT molecular complexity index is 171. The zero-order valence-corrected chi connectivity index (χ0v) is 6.63. The van der Waals surface area contributed by atoms with Gasteiger partial charge in [-0.15, -0.1) is 0 Å². The molecule has 1 atom stereocenters. The summed E-state index contributed by atoms with van der Waals surface area (Å²) in [5.74, 6) is -0.829. The average Bonchev–Trinajstić information content (AvgIpc) is 2.63. The molecule has 3 nitrogen and oxygen atoms in total. The summed E-state index contributed by atoms with van der Waals surface area (Å²) in [5, 5.41) is 11.7. The molecule has 0 saturated heterocycles. The molecule has 0 heterocycles. The lowest BCUT2D eigenvalue weighted by Crippen LogP contribution is -2.38. The van der Waals surface area contributed by atoms with Crippen molar-refractivity contribution in [2.24, 2.45) is 0 Å². The Morgan fingerprint density at radius 3 is 2.55 bits per heavy atom. The zero-order valence-electron chi connectivity index (χ0n) is 6.63. The van der Waals surface area contributed by atoms with E-state index >= 15 is 0 Å². The van der Waals surface area contributed by atoms with E-state index < -0.39 is 12.0 Å². The van der Waals surface area contributed by atoms with E-state index in [0.717, 1.165) is 12.8 Å². The average molecular weight is 155 g/mol. The standard InChI is InChI=1S/C8H13NO2/c1-5(2)7(8(10)11)9-6-3-4-6/h6-7,9H,1,3-4H2,2H3,(H,10,11). The van der Waals surface area contributed by atoms with Gasteiger partial charge in [-0.1, -0.05) is 12.2 Å². The van der Waals surface area contributed by atoms with Crippen LogP contribution in [0.2, 0.25) is 0 Å². The Balaban J connectivity index is 2.43. The molecule has 0 amide bonds. The fourth-order valence-electron chi connectivity index (χ4n) is 0.910. The maximum Gasteiger partial charge on any atom is 0.324 e. The Labute approximate surface area is 66.1 Å². The number of aliphatic carboxylic acids is 1. The molecule has 2 N–H and O–H groups in total. The van der Waals surface area contributed by atoms with Crippen molar-refractivity contribution in [2.75, 3.05) is 0 Å². The van der Waals surface area contributed by atoms with Crippen molar-refractivity contribution in [1.29, 1.82) is 0 Å². The first kappa shape index (κ1) is 8.27. The van der Waals surface area contributed by atoms with Crippen molar-refractivity contribution in [2.45, 2.75) is 31.8 Å². The van der Waals surface area contributed by atoms with Crippen LogP contribution in [0.3, 0.4) is 0 Å². The zero-order chi connectivity index (χ0) is 8.43. The summed E-state index contributed by atoms with van der Waals surface area (Å²) in [5.41, 5.74) is 0.671. The maximum atomic E-state index is 10.6. The third-order valence-electron chi connectivity index (χ3n) is 1.72. The van der Waals surface area contributed by atoms with E-state index in [4.69, 9.17) is 5.11 Å². The van der Waals surface area contributed by atoms with Gasteiger partial charge in [-0.25, -0.2) is 0 Å². The van der Waals surface area contributed by atoms with Crippen LogP contribution in [0.5, 0.6) is 0 Å². The van der Waals surface area contributed by atoms with Crippen LogP contribution < -0.4 is 5.32 Å². The van der Waals surface area contributed by atoms with Gasteiger partial charge in [0.15, 0.2) is 0 Å². The van der Waals surface area contributed by atoms with Crippen LogP contribution in [0.15, 0.2) is 12.2 Å². The van der Waals surface area contributed by atoms with Crippen LogP contribution in [0.1, 0.15) is 19.8 Å². The molecule has 1 aliphatic rings. The highest BCUT2D eigenvalue weighted by atomic mass is 16.4. The van der Waals surface area contributed by atoms with Crippen LogP contribution in [-0.2, 0) is 4.79 Å². The normalized spacial score (nSPS) is 19.4. The van der Waals surface area contributed by atoms with Gasteiger partial charge in [0.2, 0.25) is 0 Å². The van der Waals surface area contributed by atoms with Gasteiger partial charge >= 0.3 is 5.97 Å². The monoisotopic (exact) mass is 155 g/mol. The van der Waals surface area contributed by atoms with E-state index in [1.807, 2.05) is 0 Å². The van der Waals surface area contributed by atoms with Gasteiger partial charge in [0.05, 0.1) is 0 Å². The third-order valence-corrected chi connectivity index (χ3v) is 1.72. The second-order valence-corrected chi connectivity index (χ2v) is 3.06. The fourth-order valence-corrected chi connectivity index (χ4v) is 0.910. The first-order chi connectivity index (χ1) is 5.11. The summed E-state index contributed by atoms with van der Waals surface area (Å²) in [6.07, 6.45) is 2.19. The lowest BCUT2D eigenvalue weighted by Gasteiger charge is -2.12. The Kier molecular flexibility index (Phi) is 2.29. The predicted molar refractivity (Wildman–Crippen MR) is 42.4 cm³/mol. The largest absolute Gasteiger partial charge is 0.480 e. The summed E-state index contributed by atoms with van der Waals surface area (Å²) in [4.78, 5) is 10.6. The third kappa shape index (κ3) is 2.35. The van der Waals surface area contributed by atoms with Crippen molar-refractivity contribution in [3.63, 3.8) is 0 Å². The SMILES string of the molecule is C=C(C)C(NC1CC1)C(=O)O. The lowest BCUT2D eigenvalue weighted by atomic mass is 10.1. The molecule has 62 valence electrons. The van der Waals surface area contributed by atoms with Crippen molar-refractivity contribution in [3.8, 4) is 0 Å². The summed E-state index contributed by atoms with van der Waals surface area (Å²) < 4.78 is 0. The first-order valence-corrected chi connectivity index (χ1v) is 3.75. The molecule has 11 heavy (non-hydrogen) atoms. The van der Waals surface area contributed by atoms with Crippen molar-refractivity contribution in [3.05, 3.63) is 12.2 Å². The van der Waals surface area contributed by atoms with Gasteiger partial charge in [-0.3, -0.25) is 10.1 Å². The molecule has 1 rings (SSSR count). The summed E-state index contributed by atoms with van der Waals surface area (Å²) >= 11 is 0. The fraction of sp³-hybridized carbons (Fsp3) is 0.625. The molecular formula is C8H13NO2. The molecule has 0 aromatic carbocycles. The van der Waals surface area contributed by atoms with Gasteiger partial charge in [0.25, 0.3) is 0 Å². The molecule has 0 aromatic heterocycles. The minimum atomic E-state index is -0.829. The molecule has 1 fully saturated rings. The number of carboxylic acids is 1. The van der Waals surface area contributed by atoms with Gasteiger partial charge in [-0.2, -0.15) is 0 Å². The molecule has 1 aliphatic carbocycles. The lowest BCUT2D eigenvalue weighted by molar-refractivity contribution is -0.138. The highest BCUT2D eigenvalue weighted by molar-refractivity contribution is 5.77. The summed E-state index contributed by atoms with van der Waals surface area (Å²) in [7, 11) is 0. The van der Waals surface area contributed by atoms with E-state index in [1.54, 1.807) is 6.92 Å². The smallest absolute Gasteiger partial charge is 0.324 e. The first-order valence-electron chi connectivity index (χ1n) is 3.75. The number of rotatable bonds is 4. The highest BCUT2D eigenvalue weighted by Gasteiger charge is 2.28. The molecule has 0 bridgehead atoms. The van der Waals surface area contributed by atoms with Crippen LogP contribution in [0.25, 0.3) is 0 Å². The number of hydrogen-bond donors (Lipinski definition) is 2. The minimum absolute atomic E-state index is 0.410. The van der Waals surface area contributed by atoms with E-state index in [2.05, 4.69) is 11.9 Å². The molecule has 0 spiro atoms. The number of carbonyl (C=O) groups is 1. The predicted octanol–water partition coefficient (Wildman–Crippen LogP) is 0.768. The van der Waals surface area contributed by atoms with Gasteiger partial charge in [0, 0.05) is 6.04 Å². The topological polar surface area (TPSA) is 49.3 Å². The summed E-state index contributed by atoms with van der Waals surface area (Å²) in [6.45, 7) is 5.34. The quantitative estimate of drug-likeness (QED) is 0.589. The van der Waals surface area contributed by atoms with Crippen molar-refractivity contribution < 1.29 is 9.90 Å². The molecule has 3 heteroatoms. The second kappa shape index (κ2) is 3.05. The van der Waals surface area contributed by atoms with E-state index in [1.165, 1.54) is 0 Å². The molecule has 0 aliphatic heterocycles. The molecule has 1 saturated carbocycles. The number of carboxylic acid groups (broad SMARTS) is 1. The van der Waals surface area contributed by atoms with Crippen molar-refractivity contribution >= 4 is 5.97 Å². The van der Waals surface area contributed by atoms with Gasteiger partial charge in [-0.05, 0) is 19.8 Å². The summed E-state index contributed by atoms with van der Waals surface area (Å²) in [6, 6.07) is -0.143. The number of nitrogens with one attached hydrogen (secondary N) is 1. The Hall–Kier alpha value is -0.830. The van der Waals surface area contributed by atoms with Crippen LogP contribution in [0, 0.1) is 0 Å². The number of hydrogen-bond acceptors (Lipinski definition) is 2. The van der Waals surface area contributed by atoms with E-state index in [0.29, 0.717) is 11.6 Å². The maximum absolute atomic E-state index is 10.6. The van der Waals surface area contributed by atoms with E-state index in [9.17, 15) is 4.79 Å². The second-order valence-electron chi connectivity index (χ2n) is 3.06.